The zero-order chi connectivity index (χ0) is 19.3. The molecule has 0 aliphatic heterocycles. The second kappa shape index (κ2) is 8.58. The lowest BCUT2D eigenvalue weighted by Crippen LogP contribution is -2.34. The van der Waals surface area contributed by atoms with Crippen LogP contribution in [-0.4, -0.2) is 16.9 Å². The molecule has 0 atom stereocenters. The molecule has 0 spiro atoms. The number of benzene rings is 2. The van der Waals surface area contributed by atoms with Crippen molar-refractivity contribution in [2.45, 2.75) is 33.6 Å². The van der Waals surface area contributed by atoms with Crippen molar-refractivity contribution >= 4 is 40.5 Å². The number of carbonyl (C=O) groups is 2. The standard InChI is InChI=1S/C20H23N3O2S/c1-12(2)15-6-8-16(9-7-15)19(25)23-20(26)22-17-10-5-13(3)18(11-17)21-14(4)24/h5-12H,1-4H3,(H,21,24)(H2,22,23,25,26). The van der Waals surface area contributed by atoms with E-state index in [1.807, 2.05) is 31.2 Å². The molecular weight excluding hydrogens is 346 g/mol. The van der Waals surface area contributed by atoms with Gasteiger partial charge >= 0.3 is 0 Å². The first-order valence-electron chi connectivity index (χ1n) is 8.37. The van der Waals surface area contributed by atoms with Crippen LogP contribution in [0.4, 0.5) is 11.4 Å². The van der Waals surface area contributed by atoms with E-state index in [4.69, 9.17) is 12.2 Å². The molecule has 0 heterocycles. The van der Waals surface area contributed by atoms with Gasteiger partial charge in [-0.3, -0.25) is 14.9 Å². The molecule has 136 valence electrons. The molecule has 0 saturated carbocycles. The fraction of sp³-hybridized carbons (Fsp3) is 0.250. The van der Waals surface area contributed by atoms with E-state index >= 15 is 0 Å². The average molecular weight is 369 g/mol. The molecule has 0 aromatic heterocycles. The Morgan fingerprint density at radius 2 is 1.65 bits per heavy atom. The summed E-state index contributed by atoms with van der Waals surface area (Å²) in [4.78, 5) is 23.6. The minimum Gasteiger partial charge on any atom is -0.332 e. The van der Waals surface area contributed by atoms with Gasteiger partial charge in [0.1, 0.15) is 0 Å². The molecule has 0 saturated heterocycles. The minimum absolute atomic E-state index is 0.147. The van der Waals surface area contributed by atoms with E-state index in [2.05, 4.69) is 29.8 Å². The third-order valence-corrected chi connectivity index (χ3v) is 4.08. The Kier molecular flexibility index (Phi) is 6.46. The molecule has 2 aromatic rings. The van der Waals surface area contributed by atoms with E-state index < -0.39 is 0 Å². The smallest absolute Gasteiger partial charge is 0.257 e. The Morgan fingerprint density at radius 1 is 1.00 bits per heavy atom. The van der Waals surface area contributed by atoms with Gasteiger partial charge in [0.15, 0.2) is 5.11 Å². The maximum absolute atomic E-state index is 12.3. The van der Waals surface area contributed by atoms with Crippen LogP contribution in [0.3, 0.4) is 0 Å². The second-order valence-corrected chi connectivity index (χ2v) is 6.80. The first-order valence-corrected chi connectivity index (χ1v) is 8.77. The van der Waals surface area contributed by atoms with Crippen LogP contribution in [0.1, 0.15) is 48.2 Å². The molecule has 26 heavy (non-hydrogen) atoms. The number of hydrogen-bond donors (Lipinski definition) is 3. The summed E-state index contributed by atoms with van der Waals surface area (Å²) in [6, 6.07) is 12.9. The molecule has 2 amide bonds. The zero-order valence-corrected chi connectivity index (χ0v) is 16.2. The molecule has 6 heteroatoms. The Bertz CT molecular complexity index is 829. The van der Waals surface area contributed by atoms with Crippen LogP contribution in [0.25, 0.3) is 0 Å². The highest BCUT2D eigenvalue weighted by Crippen LogP contribution is 2.20. The van der Waals surface area contributed by atoms with E-state index in [0.29, 0.717) is 22.9 Å². The molecular formula is C20H23N3O2S. The Balaban J connectivity index is 2.01. The minimum atomic E-state index is -0.271. The molecule has 3 N–H and O–H groups in total. The van der Waals surface area contributed by atoms with Crippen molar-refractivity contribution in [2.24, 2.45) is 0 Å². The lowest BCUT2D eigenvalue weighted by Gasteiger charge is -2.13. The van der Waals surface area contributed by atoms with Gasteiger partial charge in [-0.2, -0.15) is 0 Å². The molecule has 2 rings (SSSR count). The summed E-state index contributed by atoms with van der Waals surface area (Å²) in [5, 5.41) is 8.58. The average Bonchev–Trinajstić information content (AvgIpc) is 2.57. The van der Waals surface area contributed by atoms with Gasteiger partial charge in [0.25, 0.3) is 5.91 Å². The summed E-state index contributed by atoms with van der Waals surface area (Å²) in [5.41, 5.74) is 4.03. The normalized spacial score (nSPS) is 10.3. The monoisotopic (exact) mass is 369 g/mol. The van der Waals surface area contributed by atoms with Crippen LogP contribution >= 0.6 is 12.2 Å². The molecule has 0 fully saturated rings. The molecule has 0 unspecified atom stereocenters. The summed E-state index contributed by atoms with van der Waals surface area (Å²) in [6.07, 6.45) is 0. The number of carbonyl (C=O) groups excluding carboxylic acids is 2. The third kappa shape index (κ3) is 5.39. The van der Waals surface area contributed by atoms with Crippen LogP contribution in [-0.2, 0) is 4.79 Å². The van der Waals surface area contributed by atoms with Crippen molar-refractivity contribution in [1.82, 2.24) is 5.32 Å². The molecule has 0 aliphatic carbocycles. The van der Waals surface area contributed by atoms with Gasteiger partial charge in [-0.1, -0.05) is 32.0 Å². The van der Waals surface area contributed by atoms with E-state index in [1.165, 1.54) is 12.5 Å². The van der Waals surface area contributed by atoms with Crippen LogP contribution in [0.5, 0.6) is 0 Å². The van der Waals surface area contributed by atoms with E-state index in [0.717, 1.165) is 5.56 Å². The van der Waals surface area contributed by atoms with Gasteiger partial charge in [-0.05, 0) is 60.5 Å². The fourth-order valence-corrected chi connectivity index (χ4v) is 2.59. The van der Waals surface area contributed by atoms with Crippen LogP contribution < -0.4 is 16.0 Å². The van der Waals surface area contributed by atoms with E-state index in [1.54, 1.807) is 18.2 Å². The topological polar surface area (TPSA) is 70.2 Å². The maximum atomic E-state index is 12.3. The molecule has 0 bridgehead atoms. The van der Waals surface area contributed by atoms with Crippen molar-refractivity contribution in [2.75, 3.05) is 10.6 Å². The lowest BCUT2D eigenvalue weighted by molar-refractivity contribution is -0.114. The van der Waals surface area contributed by atoms with Gasteiger partial charge in [0.05, 0.1) is 0 Å². The van der Waals surface area contributed by atoms with Gasteiger partial charge in [-0.25, -0.2) is 0 Å². The number of thiocarbonyl (C=S) groups is 1. The number of hydrogen-bond acceptors (Lipinski definition) is 3. The van der Waals surface area contributed by atoms with Crippen molar-refractivity contribution in [3.8, 4) is 0 Å². The van der Waals surface area contributed by atoms with Gasteiger partial charge < -0.3 is 10.6 Å². The summed E-state index contributed by atoms with van der Waals surface area (Å²) >= 11 is 5.21. The van der Waals surface area contributed by atoms with Gasteiger partial charge in [0.2, 0.25) is 5.91 Å². The Morgan fingerprint density at radius 3 is 2.23 bits per heavy atom. The predicted molar refractivity (Wildman–Crippen MR) is 110 cm³/mol. The Labute approximate surface area is 159 Å². The van der Waals surface area contributed by atoms with Crippen molar-refractivity contribution in [3.05, 3.63) is 59.2 Å². The second-order valence-electron chi connectivity index (χ2n) is 6.40. The van der Waals surface area contributed by atoms with E-state index in [9.17, 15) is 9.59 Å². The lowest BCUT2D eigenvalue weighted by atomic mass is 10.0. The zero-order valence-electron chi connectivity index (χ0n) is 15.3. The number of anilines is 2. The van der Waals surface area contributed by atoms with Crippen LogP contribution in [0, 0.1) is 6.92 Å². The molecule has 0 aliphatic rings. The number of rotatable bonds is 4. The first kappa shape index (κ1) is 19.6. The largest absolute Gasteiger partial charge is 0.332 e. The van der Waals surface area contributed by atoms with Crippen molar-refractivity contribution < 1.29 is 9.59 Å². The number of nitrogens with one attached hydrogen (secondary N) is 3. The summed E-state index contributed by atoms with van der Waals surface area (Å²) < 4.78 is 0. The van der Waals surface area contributed by atoms with Gasteiger partial charge in [-0.15, -0.1) is 0 Å². The highest BCUT2D eigenvalue weighted by molar-refractivity contribution is 7.80. The quantitative estimate of drug-likeness (QED) is 0.706. The number of aryl methyl sites for hydroxylation is 1. The SMILES string of the molecule is CC(=O)Nc1cc(NC(=S)NC(=O)c2ccc(C(C)C)cc2)ccc1C. The predicted octanol–water partition coefficient (Wildman–Crippen LogP) is 4.20. The summed E-state index contributed by atoms with van der Waals surface area (Å²) in [7, 11) is 0. The highest BCUT2D eigenvalue weighted by Gasteiger charge is 2.10. The van der Waals surface area contributed by atoms with Crippen LogP contribution in [0.15, 0.2) is 42.5 Å². The first-order chi connectivity index (χ1) is 12.3. The summed E-state index contributed by atoms with van der Waals surface area (Å²) in [6.45, 7) is 7.56. The summed E-state index contributed by atoms with van der Waals surface area (Å²) in [5.74, 6) is -0.00725. The van der Waals surface area contributed by atoms with Crippen LogP contribution in [0.2, 0.25) is 0 Å². The number of amides is 2. The Hall–Kier alpha value is -2.73. The third-order valence-electron chi connectivity index (χ3n) is 3.87. The molecule has 0 radical (unpaired) electrons. The molecule has 5 nitrogen and oxygen atoms in total. The van der Waals surface area contributed by atoms with Crippen molar-refractivity contribution in [1.29, 1.82) is 0 Å². The fourth-order valence-electron chi connectivity index (χ4n) is 2.38. The van der Waals surface area contributed by atoms with Crippen molar-refractivity contribution in [3.63, 3.8) is 0 Å². The van der Waals surface area contributed by atoms with E-state index in [-0.39, 0.29) is 16.9 Å². The molecule has 2 aromatic carbocycles. The maximum Gasteiger partial charge on any atom is 0.257 e. The highest BCUT2D eigenvalue weighted by atomic mass is 32.1. The van der Waals surface area contributed by atoms with Gasteiger partial charge in [0, 0.05) is 23.9 Å².